The van der Waals surface area contributed by atoms with E-state index in [0.717, 1.165) is 16.7 Å². The van der Waals surface area contributed by atoms with Gasteiger partial charge >= 0.3 is 0 Å². The molecule has 1 aromatic carbocycles. The summed E-state index contributed by atoms with van der Waals surface area (Å²) < 4.78 is 38.9. The fraction of sp³-hybridized carbons (Fsp3) is 0.320. The number of rotatable bonds is 6. The third kappa shape index (κ3) is 5.53. The number of nitrogens with zero attached hydrogens (tertiary/aromatic N) is 2. The number of aryl methyl sites for hydroxylation is 3. The Kier molecular flexibility index (Phi) is 6.97. The Bertz CT molecular complexity index is 1330. The van der Waals surface area contributed by atoms with E-state index in [1.54, 1.807) is 6.07 Å². The van der Waals surface area contributed by atoms with Crippen molar-refractivity contribution in [2.24, 2.45) is 0 Å². The van der Waals surface area contributed by atoms with Gasteiger partial charge in [-0.2, -0.15) is 0 Å². The Morgan fingerprint density at radius 1 is 1.03 bits per heavy atom. The van der Waals surface area contributed by atoms with Crippen LogP contribution in [-0.2, 0) is 15.4 Å². The van der Waals surface area contributed by atoms with Crippen LogP contribution in [0.5, 0.6) is 17.5 Å². The fourth-order valence-electron chi connectivity index (χ4n) is 3.44. The lowest BCUT2D eigenvalue weighted by atomic mass is 9.91. The third-order valence-electron chi connectivity index (χ3n) is 5.13. The van der Waals surface area contributed by atoms with Crippen molar-refractivity contribution in [2.45, 2.75) is 51.9 Å². The lowest BCUT2D eigenvalue weighted by Gasteiger charge is -2.21. The number of carbonyl (C=O) groups is 1. The molecule has 3 aromatic rings. The molecule has 8 nitrogen and oxygen atoms in total. The van der Waals surface area contributed by atoms with Crippen LogP contribution in [0.4, 0.5) is 0 Å². The number of sulfonamides is 1. The minimum atomic E-state index is -4.19. The lowest BCUT2D eigenvalue weighted by Crippen LogP contribution is -2.31. The van der Waals surface area contributed by atoms with Crippen molar-refractivity contribution in [3.8, 4) is 17.5 Å². The van der Waals surface area contributed by atoms with Crippen LogP contribution in [0.1, 0.15) is 54.9 Å². The number of hydrogen-bond donors (Lipinski definition) is 1. The number of carbonyl (C=O) groups excluding carboxylic acids is 1. The van der Waals surface area contributed by atoms with Crippen LogP contribution < -0.4 is 14.2 Å². The number of pyridine rings is 2. The summed E-state index contributed by atoms with van der Waals surface area (Å²) in [5.41, 5.74) is 3.21. The molecular weight excluding hydrogens is 454 g/mol. The standard InChI is InChI=1S/C25H29N3O5S.H2/c1-15-12-16(2)22(17(3)13-15)33-24-19(8-9-20(27-24)25(4,5)6)23(29)28-34(30,31)18-10-11-26-21(14-18)32-7;/h8-14H,1-7H3,(H,28,29);1H. The first-order valence-corrected chi connectivity index (χ1v) is 12.1. The van der Waals surface area contributed by atoms with Crippen molar-refractivity contribution in [2.75, 3.05) is 7.11 Å². The molecule has 1 N–H and O–H groups in total. The Balaban J connectivity index is 0.00000432. The first-order chi connectivity index (χ1) is 15.8. The summed E-state index contributed by atoms with van der Waals surface area (Å²) in [6.07, 6.45) is 1.29. The predicted molar refractivity (Wildman–Crippen MR) is 131 cm³/mol. The summed E-state index contributed by atoms with van der Waals surface area (Å²) in [6, 6.07) is 9.66. The normalized spacial score (nSPS) is 11.7. The maximum absolute atomic E-state index is 13.1. The van der Waals surface area contributed by atoms with Gasteiger partial charge in [-0.05, 0) is 50.1 Å². The quantitative estimate of drug-likeness (QED) is 0.531. The van der Waals surface area contributed by atoms with E-state index in [0.29, 0.717) is 11.4 Å². The van der Waals surface area contributed by atoms with E-state index in [1.165, 1.54) is 31.5 Å². The second-order valence-electron chi connectivity index (χ2n) is 9.10. The van der Waals surface area contributed by atoms with Gasteiger partial charge in [0, 0.05) is 24.8 Å². The van der Waals surface area contributed by atoms with Gasteiger partial charge in [0.25, 0.3) is 15.9 Å². The zero-order valence-electron chi connectivity index (χ0n) is 20.4. The average molecular weight is 486 g/mol. The van der Waals surface area contributed by atoms with Gasteiger partial charge in [0.05, 0.1) is 12.0 Å². The van der Waals surface area contributed by atoms with E-state index in [2.05, 4.69) is 14.7 Å². The van der Waals surface area contributed by atoms with Crippen LogP contribution in [0.25, 0.3) is 0 Å². The van der Waals surface area contributed by atoms with Gasteiger partial charge in [-0.3, -0.25) is 4.79 Å². The first-order valence-electron chi connectivity index (χ1n) is 10.7. The Morgan fingerprint density at radius 2 is 1.68 bits per heavy atom. The van der Waals surface area contributed by atoms with Crippen molar-refractivity contribution in [1.82, 2.24) is 14.7 Å². The minimum Gasteiger partial charge on any atom is -0.481 e. The molecule has 0 aliphatic rings. The molecule has 0 spiro atoms. The van der Waals surface area contributed by atoms with Crippen LogP contribution in [0.15, 0.2) is 47.5 Å². The van der Waals surface area contributed by atoms with Gasteiger partial charge in [0.2, 0.25) is 11.8 Å². The Labute approximate surface area is 201 Å². The fourth-order valence-corrected chi connectivity index (χ4v) is 4.41. The average Bonchev–Trinajstić information content (AvgIpc) is 2.75. The molecule has 0 aliphatic carbocycles. The molecule has 2 heterocycles. The third-order valence-corrected chi connectivity index (χ3v) is 6.46. The maximum Gasteiger partial charge on any atom is 0.270 e. The number of nitrogens with one attached hydrogen (secondary N) is 1. The highest BCUT2D eigenvalue weighted by molar-refractivity contribution is 7.90. The van der Waals surface area contributed by atoms with Gasteiger partial charge < -0.3 is 9.47 Å². The SMILES string of the molecule is COc1cc(S(=O)(=O)NC(=O)c2ccc(C(C)(C)C)nc2Oc2c(C)cc(C)cc2C)ccn1.[HH]. The van der Waals surface area contributed by atoms with Crippen molar-refractivity contribution in [1.29, 1.82) is 0 Å². The monoisotopic (exact) mass is 485 g/mol. The number of amides is 1. The van der Waals surface area contributed by atoms with E-state index in [9.17, 15) is 13.2 Å². The highest BCUT2D eigenvalue weighted by Gasteiger charge is 2.26. The molecule has 0 atom stereocenters. The number of ether oxygens (including phenoxy) is 2. The van der Waals surface area contributed by atoms with Crippen LogP contribution >= 0.6 is 0 Å². The van der Waals surface area contributed by atoms with Crippen LogP contribution in [-0.4, -0.2) is 31.4 Å². The molecule has 0 bridgehead atoms. The second kappa shape index (κ2) is 9.42. The number of benzene rings is 1. The molecule has 9 heteroatoms. The minimum absolute atomic E-state index is 0. The van der Waals surface area contributed by atoms with Crippen LogP contribution in [0.3, 0.4) is 0 Å². The van der Waals surface area contributed by atoms with Crippen LogP contribution in [0.2, 0.25) is 0 Å². The van der Waals surface area contributed by atoms with Crippen molar-refractivity contribution in [3.05, 3.63) is 70.5 Å². The molecule has 0 aliphatic heterocycles. The summed E-state index contributed by atoms with van der Waals surface area (Å²) in [5.74, 6) is -0.149. The van der Waals surface area contributed by atoms with Gasteiger partial charge in [0.15, 0.2) is 0 Å². The summed E-state index contributed by atoms with van der Waals surface area (Å²) in [4.78, 5) is 21.5. The van der Waals surface area contributed by atoms with Crippen molar-refractivity contribution >= 4 is 15.9 Å². The molecule has 34 heavy (non-hydrogen) atoms. The summed E-state index contributed by atoms with van der Waals surface area (Å²) in [7, 11) is -2.82. The van der Waals surface area contributed by atoms with E-state index in [4.69, 9.17) is 9.47 Å². The van der Waals surface area contributed by atoms with Gasteiger partial charge in [-0.25, -0.2) is 23.1 Å². The smallest absolute Gasteiger partial charge is 0.270 e. The zero-order valence-corrected chi connectivity index (χ0v) is 21.2. The van der Waals surface area contributed by atoms with Gasteiger partial charge in [0.1, 0.15) is 11.3 Å². The van der Waals surface area contributed by atoms with E-state index in [1.807, 2.05) is 53.7 Å². The topological polar surface area (TPSA) is 107 Å². The Hall–Kier alpha value is -3.46. The number of hydrogen-bond acceptors (Lipinski definition) is 7. The van der Waals surface area contributed by atoms with E-state index in [-0.39, 0.29) is 29.1 Å². The molecule has 3 rings (SSSR count). The Morgan fingerprint density at radius 3 is 2.26 bits per heavy atom. The molecule has 1 amide bonds. The van der Waals surface area contributed by atoms with E-state index >= 15 is 0 Å². The number of methoxy groups -OCH3 is 1. The van der Waals surface area contributed by atoms with Gasteiger partial charge in [-0.1, -0.05) is 38.5 Å². The molecule has 0 unspecified atom stereocenters. The first kappa shape index (κ1) is 25.2. The number of aromatic nitrogens is 2. The molecule has 0 radical (unpaired) electrons. The van der Waals surface area contributed by atoms with Gasteiger partial charge in [-0.15, -0.1) is 0 Å². The zero-order chi connectivity index (χ0) is 25.3. The summed E-state index contributed by atoms with van der Waals surface area (Å²) >= 11 is 0. The molecule has 0 saturated carbocycles. The molecule has 0 saturated heterocycles. The maximum atomic E-state index is 13.1. The van der Waals surface area contributed by atoms with E-state index < -0.39 is 15.9 Å². The summed E-state index contributed by atoms with van der Waals surface area (Å²) in [5, 5.41) is 0. The second-order valence-corrected chi connectivity index (χ2v) is 10.8. The lowest BCUT2D eigenvalue weighted by molar-refractivity contribution is 0.0978. The predicted octanol–water partition coefficient (Wildman–Crippen LogP) is 4.86. The van der Waals surface area contributed by atoms with Crippen LogP contribution in [0, 0.1) is 20.8 Å². The highest BCUT2D eigenvalue weighted by Crippen LogP contribution is 2.33. The van der Waals surface area contributed by atoms with Crippen molar-refractivity contribution < 1.29 is 24.1 Å². The highest BCUT2D eigenvalue weighted by atomic mass is 32.2. The molecular formula is C25H31N3O5S. The summed E-state index contributed by atoms with van der Waals surface area (Å²) in [6.45, 7) is 11.8. The molecule has 2 aromatic heterocycles. The molecule has 0 fully saturated rings. The largest absolute Gasteiger partial charge is 0.481 e. The van der Waals surface area contributed by atoms with Crippen molar-refractivity contribution in [3.63, 3.8) is 0 Å². The molecule has 182 valence electrons.